The van der Waals surface area contributed by atoms with E-state index in [0.717, 1.165) is 22.2 Å². The first-order chi connectivity index (χ1) is 8.96. The Bertz CT molecular complexity index is 448. The molecule has 2 N–H and O–H groups in total. The summed E-state index contributed by atoms with van der Waals surface area (Å²) in [7, 11) is 0. The van der Waals surface area contributed by atoms with Gasteiger partial charge in [-0.15, -0.1) is 11.3 Å². The van der Waals surface area contributed by atoms with Crippen molar-refractivity contribution >= 4 is 33.3 Å². The molecule has 1 aromatic rings. The Morgan fingerprint density at radius 3 is 3.05 bits per heavy atom. The van der Waals surface area contributed by atoms with Crippen LogP contribution in [-0.4, -0.2) is 24.3 Å². The number of hydrogen-bond acceptors (Lipinski definition) is 3. The van der Waals surface area contributed by atoms with Gasteiger partial charge in [0.2, 0.25) is 0 Å². The maximum Gasteiger partial charge on any atom is 0.315 e. The molecule has 2 amide bonds. The van der Waals surface area contributed by atoms with Crippen molar-refractivity contribution < 1.29 is 9.53 Å². The summed E-state index contributed by atoms with van der Waals surface area (Å²) < 4.78 is 6.70. The molecule has 0 spiro atoms. The van der Waals surface area contributed by atoms with Crippen LogP contribution in [0.3, 0.4) is 0 Å². The van der Waals surface area contributed by atoms with Gasteiger partial charge < -0.3 is 15.4 Å². The molecule has 1 aliphatic rings. The van der Waals surface area contributed by atoms with Crippen LogP contribution >= 0.6 is 27.3 Å². The fourth-order valence-electron chi connectivity index (χ4n) is 2.21. The molecular formula is C13H19BrN2O2S. The van der Waals surface area contributed by atoms with Crippen LogP contribution in [0, 0.1) is 0 Å². The van der Waals surface area contributed by atoms with Gasteiger partial charge in [0.25, 0.3) is 0 Å². The molecule has 1 unspecified atom stereocenters. The summed E-state index contributed by atoms with van der Waals surface area (Å²) in [5, 5.41) is 7.90. The molecule has 106 valence electrons. The minimum Gasteiger partial charge on any atom is -0.375 e. The van der Waals surface area contributed by atoms with Gasteiger partial charge in [-0.3, -0.25) is 0 Å². The summed E-state index contributed by atoms with van der Waals surface area (Å²) in [5.41, 5.74) is 0.958. The molecule has 1 aromatic heterocycles. The van der Waals surface area contributed by atoms with Gasteiger partial charge in [-0.25, -0.2) is 4.79 Å². The zero-order valence-corrected chi connectivity index (χ0v) is 13.6. The van der Waals surface area contributed by atoms with Crippen molar-refractivity contribution in [3.05, 3.63) is 20.8 Å². The van der Waals surface area contributed by atoms with E-state index in [0.29, 0.717) is 13.2 Å². The van der Waals surface area contributed by atoms with Gasteiger partial charge in [0.05, 0.1) is 9.39 Å². The third-order valence-corrected chi connectivity index (χ3v) is 4.98. The summed E-state index contributed by atoms with van der Waals surface area (Å²) in [4.78, 5) is 11.9. The van der Waals surface area contributed by atoms with Gasteiger partial charge in [-0.05, 0) is 59.6 Å². The van der Waals surface area contributed by atoms with Crippen LogP contribution in [0.1, 0.15) is 32.3 Å². The van der Waals surface area contributed by atoms with E-state index in [1.54, 1.807) is 11.3 Å². The number of thiophene rings is 1. The summed E-state index contributed by atoms with van der Waals surface area (Å²) >= 11 is 5.08. The zero-order valence-electron chi connectivity index (χ0n) is 11.2. The van der Waals surface area contributed by atoms with Crippen molar-refractivity contribution in [1.82, 2.24) is 10.6 Å². The van der Waals surface area contributed by atoms with E-state index in [1.807, 2.05) is 11.4 Å². The molecule has 1 fully saturated rings. The highest BCUT2D eigenvalue weighted by Crippen LogP contribution is 2.24. The fraction of sp³-hybridized carbons (Fsp3) is 0.615. The molecule has 19 heavy (non-hydrogen) atoms. The van der Waals surface area contributed by atoms with Crippen LogP contribution < -0.4 is 10.6 Å². The minimum absolute atomic E-state index is 0.110. The predicted octanol–water partition coefficient (Wildman–Crippen LogP) is 3.27. The average Bonchev–Trinajstić information content (AvgIpc) is 2.71. The third kappa shape index (κ3) is 4.47. The normalized spacial score (nSPS) is 21.9. The number of amides is 2. The van der Waals surface area contributed by atoms with Crippen LogP contribution in [0.25, 0.3) is 0 Å². The Balaban J connectivity index is 1.77. The van der Waals surface area contributed by atoms with E-state index in [2.05, 4.69) is 40.4 Å². The van der Waals surface area contributed by atoms with Crippen molar-refractivity contribution in [2.45, 2.75) is 44.9 Å². The van der Waals surface area contributed by atoms with Gasteiger partial charge in [0.1, 0.15) is 0 Å². The van der Waals surface area contributed by atoms with E-state index < -0.39 is 0 Å². The topological polar surface area (TPSA) is 50.4 Å². The highest BCUT2D eigenvalue weighted by atomic mass is 79.9. The molecule has 4 nitrogen and oxygen atoms in total. The predicted molar refractivity (Wildman–Crippen MR) is 80.4 cm³/mol. The lowest BCUT2D eigenvalue weighted by Gasteiger charge is -2.35. The monoisotopic (exact) mass is 346 g/mol. The molecule has 2 heterocycles. The highest BCUT2D eigenvalue weighted by molar-refractivity contribution is 9.11. The number of halogens is 1. The molecule has 0 bridgehead atoms. The lowest BCUT2D eigenvalue weighted by molar-refractivity contribution is -0.0611. The molecule has 1 saturated heterocycles. The van der Waals surface area contributed by atoms with Crippen molar-refractivity contribution in [1.29, 1.82) is 0 Å². The molecule has 1 aliphatic heterocycles. The van der Waals surface area contributed by atoms with Crippen molar-refractivity contribution in [3.63, 3.8) is 0 Å². The first-order valence-electron chi connectivity index (χ1n) is 6.36. The van der Waals surface area contributed by atoms with Gasteiger partial charge in [0, 0.05) is 19.2 Å². The Labute approximate surface area is 126 Å². The molecule has 0 aliphatic carbocycles. The van der Waals surface area contributed by atoms with E-state index >= 15 is 0 Å². The SMILES string of the molecule is CC1(C)CC(NC(=O)NCc2ccsc2Br)CCO1. The van der Waals surface area contributed by atoms with Crippen molar-refractivity contribution in [2.24, 2.45) is 0 Å². The van der Waals surface area contributed by atoms with Crippen LogP contribution in [0.5, 0.6) is 0 Å². The van der Waals surface area contributed by atoms with Crippen LogP contribution in [0.4, 0.5) is 4.79 Å². The molecule has 0 aromatic carbocycles. The highest BCUT2D eigenvalue weighted by Gasteiger charge is 2.29. The zero-order chi connectivity index (χ0) is 13.9. The van der Waals surface area contributed by atoms with Gasteiger partial charge in [0.15, 0.2) is 0 Å². The Morgan fingerprint density at radius 1 is 1.63 bits per heavy atom. The van der Waals surface area contributed by atoms with Crippen LogP contribution in [-0.2, 0) is 11.3 Å². The molecule has 1 atom stereocenters. The molecule has 6 heteroatoms. The van der Waals surface area contributed by atoms with Crippen molar-refractivity contribution in [2.75, 3.05) is 6.61 Å². The maximum atomic E-state index is 11.9. The van der Waals surface area contributed by atoms with Gasteiger partial charge in [-0.1, -0.05) is 0 Å². The van der Waals surface area contributed by atoms with E-state index in [4.69, 9.17) is 4.74 Å². The van der Waals surface area contributed by atoms with Crippen molar-refractivity contribution in [3.8, 4) is 0 Å². The second-order valence-electron chi connectivity index (χ2n) is 5.34. The van der Waals surface area contributed by atoms with Crippen LogP contribution in [0.15, 0.2) is 15.2 Å². The number of rotatable bonds is 3. The number of hydrogen-bond donors (Lipinski definition) is 2. The average molecular weight is 347 g/mol. The summed E-state index contributed by atoms with van der Waals surface area (Å²) in [5.74, 6) is 0. The molecular weight excluding hydrogens is 328 g/mol. The molecule has 0 radical (unpaired) electrons. The largest absolute Gasteiger partial charge is 0.375 e. The first-order valence-corrected chi connectivity index (χ1v) is 8.04. The van der Waals surface area contributed by atoms with E-state index in [1.165, 1.54) is 0 Å². The Morgan fingerprint density at radius 2 is 2.42 bits per heavy atom. The fourth-order valence-corrected chi connectivity index (χ4v) is 3.45. The number of urea groups is 1. The number of nitrogens with one attached hydrogen (secondary N) is 2. The standard InChI is InChI=1S/C13H19BrN2O2S/c1-13(2)7-10(3-5-18-13)16-12(17)15-8-9-4-6-19-11(9)14/h4,6,10H,3,5,7-8H2,1-2H3,(H2,15,16,17). The summed E-state index contributed by atoms with van der Waals surface area (Å²) in [6.07, 6.45) is 1.72. The third-order valence-electron chi connectivity index (χ3n) is 3.16. The van der Waals surface area contributed by atoms with E-state index in [-0.39, 0.29) is 17.7 Å². The lowest BCUT2D eigenvalue weighted by atomic mass is 9.94. The smallest absolute Gasteiger partial charge is 0.315 e. The maximum absolute atomic E-state index is 11.9. The summed E-state index contributed by atoms with van der Waals surface area (Å²) in [6, 6.07) is 2.09. The van der Waals surface area contributed by atoms with Crippen LogP contribution in [0.2, 0.25) is 0 Å². The lowest BCUT2D eigenvalue weighted by Crippen LogP contribution is -2.48. The van der Waals surface area contributed by atoms with E-state index in [9.17, 15) is 4.79 Å². The second-order valence-corrected chi connectivity index (χ2v) is 7.58. The first kappa shape index (κ1) is 14.8. The minimum atomic E-state index is -0.146. The summed E-state index contributed by atoms with van der Waals surface area (Å²) in [6.45, 7) is 5.36. The number of carbonyl (C=O) groups excluding carboxylic acids is 1. The number of carbonyl (C=O) groups is 1. The Kier molecular flexibility index (Phi) is 4.86. The molecule has 2 rings (SSSR count). The quantitative estimate of drug-likeness (QED) is 0.882. The number of ether oxygens (including phenoxy) is 1. The van der Waals surface area contributed by atoms with Gasteiger partial charge in [-0.2, -0.15) is 0 Å². The van der Waals surface area contributed by atoms with Gasteiger partial charge >= 0.3 is 6.03 Å². The molecule has 0 saturated carbocycles. The Hall–Kier alpha value is -0.590. The second kappa shape index (κ2) is 6.24.